The molecule has 0 N–H and O–H groups in total. The Morgan fingerprint density at radius 2 is 1.80 bits per heavy atom. The fraction of sp³-hybridized carbons (Fsp3) is 0.533. The third-order valence-corrected chi connectivity index (χ3v) is 3.52. The molecule has 0 radical (unpaired) electrons. The highest BCUT2D eigenvalue weighted by atomic mass is 79.9. The number of Topliss-reactive ketones (excluding diaryl/α,β-unsaturated/α-hetero) is 1. The van der Waals surface area contributed by atoms with Crippen LogP contribution in [0.4, 0.5) is 0 Å². The molecule has 0 aliphatic heterocycles. The van der Waals surface area contributed by atoms with Crippen LogP contribution in [0.2, 0.25) is 0 Å². The minimum absolute atomic E-state index is 0.158. The van der Waals surface area contributed by atoms with Gasteiger partial charge in [0.2, 0.25) is 0 Å². The molecule has 4 nitrogen and oxygen atoms in total. The largest absolute Gasteiger partial charge is 0.383 e. The first-order valence-electron chi connectivity index (χ1n) is 6.66. The molecule has 0 aliphatic carbocycles. The summed E-state index contributed by atoms with van der Waals surface area (Å²) in [5.41, 5.74) is 0.748. The van der Waals surface area contributed by atoms with Crippen LogP contribution in [0.3, 0.4) is 0 Å². The second-order valence-electron chi connectivity index (χ2n) is 4.51. The monoisotopic (exact) mass is 343 g/mol. The predicted molar refractivity (Wildman–Crippen MR) is 83.3 cm³/mol. The molecule has 0 unspecified atom stereocenters. The summed E-state index contributed by atoms with van der Waals surface area (Å²) in [7, 11) is 3.36. The van der Waals surface area contributed by atoms with Crippen molar-refractivity contribution in [2.45, 2.75) is 6.42 Å². The summed E-state index contributed by atoms with van der Waals surface area (Å²) in [6.07, 6.45) is 0.504. The highest BCUT2D eigenvalue weighted by Crippen LogP contribution is 2.13. The van der Waals surface area contributed by atoms with E-state index in [9.17, 15) is 4.79 Å². The molecule has 1 aromatic carbocycles. The lowest BCUT2D eigenvalue weighted by Crippen LogP contribution is -2.32. The van der Waals surface area contributed by atoms with Gasteiger partial charge in [0.05, 0.1) is 13.2 Å². The number of hydrogen-bond donors (Lipinski definition) is 0. The molecule has 5 heteroatoms. The standard InChI is InChI=1S/C15H22BrNO3/c1-19-10-8-17(9-11-20-2)7-6-15(18)13-4-3-5-14(16)12-13/h3-5,12H,6-11H2,1-2H3. The third kappa shape index (κ3) is 6.61. The molecule has 0 heterocycles. The summed E-state index contributed by atoms with van der Waals surface area (Å²) in [6.45, 7) is 3.67. The second-order valence-corrected chi connectivity index (χ2v) is 5.43. The third-order valence-electron chi connectivity index (χ3n) is 3.02. The maximum atomic E-state index is 12.1. The van der Waals surface area contributed by atoms with E-state index in [1.165, 1.54) is 0 Å². The molecular weight excluding hydrogens is 322 g/mol. The van der Waals surface area contributed by atoms with Crippen LogP contribution in [-0.4, -0.2) is 57.8 Å². The molecule has 0 amide bonds. The molecule has 0 aliphatic rings. The quantitative estimate of drug-likeness (QED) is 0.612. The number of hydrogen-bond acceptors (Lipinski definition) is 4. The van der Waals surface area contributed by atoms with Crippen molar-refractivity contribution in [1.29, 1.82) is 0 Å². The highest BCUT2D eigenvalue weighted by Gasteiger charge is 2.10. The molecule has 0 saturated heterocycles. The molecule has 20 heavy (non-hydrogen) atoms. The van der Waals surface area contributed by atoms with E-state index in [0.29, 0.717) is 19.6 Å². The molecule has 0 fully saturated rings. The summed E-state index contributed by atoms with van der Waals surface area (Å²) in [5.74, 6) is 0.158. The van der Waals surface area contributed by atoms with E-state index in [-0.39, 0.29) is 5.78 Å². The van der Waals surface area contributed by atoms with Crippen LogP contribution >= 0.6 is 15.9 Å². The maximum Gasteiger partial charge on any atom is 0.164 e. The van der Waals surface area contributed by atoms with Crippen molar-refractivity contribution in [3.8, 4) is 0 Å². The molecule has 0 bridgehead atoms. The topological polar surface area (TPSA) is 38.8 Å². The van der Waals surface area contributed by atoms with Gasteiger partial charge in [-0.25, -0.2) is 0 Å². The zero-order valence-corrected chi connectivity index (χ0v) is 13.7. The Kier molecular flexibility index (Phi) is 8.69. The van der Waals surface area contributed by atoms with E-state index < -0.39 is 0 Å². The molecule has 1 rings (SSSR count). The van der Waals surface area contributed by atoms with Gasteiger partial charge in [-0.15, -0.1) is 0 Å². The van der Waals surface area contributed by atoms with Gasteiger partial charge < -0.3 is 9.47 Å². The fourth-order valence-corrected chi connectivity index (χ4v) is 2.24. The number of ketones is 1. The Hall–Kier alpha value is -0.750. The highest BCUT2D eigenvalue weighted by molar-refractivity contribution is 9.10. The first-order valence-corrected chi connectivity index (χ1v) is 7.45. The van der Waals surface area contributed by atoms with E-state index in [0.717, 1.165) is 29.7 Å². The van der Waals surface area contributed by atoms with Crippen LogP contribution in [0.25, 0.3) is 0 Å². The van der Waals surface area contributed by atoms with E-state index >= 15 is 0 Å². The number of ether oxygens (including phenoxy) is 2. The Morgan fingerprint density at radius 3 is 2.35 bits per heavy atom. The lowest BCUT2D eigenvalue weighted by molar-refractivity contribution is 0.0911. The van der Waals surface area contributed by atoms with Crippen molar-refractivity contribution in [2.75, 3.05) is 47.1 Å². The van der Waals surface area contributed by atoms with E-state index in [4.69, 9.17) is 9.47 Å². The fourth-order valence-electron chi connectivity index (χ4n) is 1.84. The number of benzene rings is 1. The molecule has 0 aromatic heterocycles. The Morgan fingerprint density at radius 1 is 1.15 bits per heavy atom. The van der Waals surface area contributed by atoms with Crippen molar-refractivity contribution in [1.82, 2.24) is 4.90 Å². The van der Waals surface area contributed by atoms with Gasteiger partial charge in [-0.1, -0.05) is 28.1 Å². The van der Waals surface area contributed by atoms with Gasteiger partial charge in [0.1, 0.15) is 0 Å². The van der Waals surface area contributed by atoms with Gasteiger partial charge in [0.15, 0.2) is 5.78 Å². The van der Waals surface area contributed by atoms with E-state index in [1.807, 2.05) is 24.3 Å². The van der Waals surface area contributed by atoms with Crippen molar-refractivity contribution in [3.05, 3.63) is 34.3 Å². The number of halogens is 1. The van der Waals surface area contributed by atoms with Crippen LogP contribution in [0, 0.1) is 0 Å². The van der Waals surface area contributed by atoms with Crippen molar-refractivity contribution in [2.24, 2.45) is 0 Å². The van der Waals surface area contributed by atoms with Crippen LogP contribution in [0.5, 0.6) is 0 Å². The number of rotatable bonds is 10. The Bertz CT molecular complexity index is 404. The lowest BCUT2D eigenvalue weighted by atomic mass is 10.1. The zero-order valence-electron chi connectivity index (χ0n) is 12.1. The normalized spacial score (nSPS) is 11.0. The summed E-state index contributed by atoms with van der Waals surface area (Å²) >= 11 is 3.38. The summed E-state index contributed by atoms with van der Waals surface area (Å²) in [5, 5.41) is 0. The minimum Gasteiger partial charge on any atom is -0.383 e. The molecule has 0 spiro atoms. The van der Waals surface area contributed by atoms with Crippen molar-refractivity contribution in [3.63, 3.8) is 0 Å². The van der Waals surface area contributed by atoms with Gasteiger partial charge >= 0.3 is 0 Å². The van der Waals surface area contributed by atoms with Gasteiger partial charge in [-0.05, 0) is 12.1 Å². The van der Waals surface area contributed by atoms with Crippen LogP contribution in [-0.2, 0) is 9.47 Å². The van der Waals surface area contributed by atoms with Crippen molar-refractivity contribution >= 4 is 21.7 Å². The van der Waals surface area contributed by atoms with Crippen LogP contribution in [0.1, 0.15) is 16.8 Å². The Balaban J connectivity index is 2.46. The predicted octanol–water partition coefficient (Wildman–Crippen LogP) is 2.62. The summed E-state index contributed by atoms with van der Waals surface area (Å²) in [4.78, 5) is 14.3. The summed E-state index contributed by atoms with van der Waals surface area (Å²) in [6, 6.07) is 7.50. The van der Waals surface area contributed by atoms with Gasteiger partial charge in [0.25, 0.3) is 0 Å². The molecule has 0 saturated carbocycles. The minimum atomic E-state index is 0.158. The van der Waals surface area contributed by atoms with Gasteiger partial charge in [0, 0.05) is 50.3 Å². The van der Waals surface area contributed by atoms with E-state index in [1.54, 1.807) is 14.2 Å². The van der Waals surface area contributed by atoms with Gasteiger partial charge in [-0.3, -0.25) is 9.69 Å². The zero-order chi connectivity index (χ0) is 14.8. The first kappa shape index (κ1) is 17.3. The molecular formula is C15H22BrNO3. The summed E-state index contributed by atoms with van der Waals surface area (Å²) < 4.78 is 11.1. The van der Waals surface area contributed by atoms with E-state index in [2.05, 4.69) is 20.8 Å². The Labute approximate surface area is 129 Å². The molecule has 1 aromatic rings. The first-order chi connectivity index (χ1) is 9.67. The number of carbonyl (C=O) groups is 1. The van der Waals surface area contributed by atoms with Crippen LogP contribution < -0.4 is 0 Å². The van der Waals surface area contributed by atoms with Crippen molar-refractivity contribution < 1.29 is 14.3 Å². The SMILES string of the molecule is COCCN(CCOC)CCC(=O)c1cccc(Br)c1. The number of methoxy groups -OCH3 is 2. The number of nitrogens with zero attached hydrogens (tertiary/aromatic N) is 1. The maximum absolute atomic E-state index is 12.1. The van der Waals surface area contributed by atoms with Crippen LogP contribution in [0.15, 0.2) is 28.7 Å². The average molecular weight is 344 g/mol. The van der Waals surface area contributed by atoms with Gasteiger partial charge in [-0.2, -0.15) is 0 Å². The smallest absolute Gasteiger partial charge is 0.164 e. The second kappa shape index (κ2) is 10.0. The lowest BCUT2D eigenvalue weighted by Gasteiger charge is -2.21. The number of carbonyl (C=O) groups excluding carboxylic acids is 1. The molecule has 0 atom stereocenters. The average Bonchev–Trinajstić information content (AvgIpc) is 2.46. The molecule has 112 valence electrons.